The Labute approximate surface area is 121 Å². The van der Waals surface area contributed by atoms with Gasteiger partial charge in [-0.25, -0.2) is 4.98 Å². The molecule has 0 radical (unpaired) electrons. The summed E-state index contributed by atoms with van der Waals surface area (Å²) in [5, 5.41) is 17.0. The van der Waals surface area contributed by atoms with Crippen LogP contribution >= 0.6 is 0 Å². The monoisotopic (exact) mass is 278 g/mol. The van der Waals surface area contributed by atoms with Crippen LogP contribution < -0.4 is 10.6 Å². The van der Waals surface area contributed by atoms with Gasteiger partial charge in [-0.2, -0.15) is 4.98 Å². The predicted molar refractivity (Wildman–Crippen MR) is 81.9 cm³/mol. The molecule has 1 heterocycles. The third-order valence-corrected chi connectivity index (χ3v) is 3.85. The first kappa shape index (κ1) is 15.0. The standard InChI is InChI=1S/C15H26N4O/c1-3-8-16-14-17-9-6-13(19-14)18-11-15(20)7-4-5-12(2)10-15/h6,9,12,20H,3-5,7-8,10-11H2,1-2H3,(H2,16,17,18,19). The molecular weight excluding hydrogens is 252 g/mol. The lowest BCUT2D eigenvalue weighted by atomic mass is 9.79. The fraction of sp³-hybridized carbons (Fsp3) is 0.733. The summed E-state index contributed by atoms with van der Waals surface area (Å²) in [6.07, 6.45) is 6.84. The molecule has 2 atom stereocenters. The fourth-order valence-electron chi connectivity index (χ4n) is 2.83. The molecule has 20 heavy (non-hydrogen) atoms. The van der Waals surface area contributed by atoms with Crippen molar-refractivity contribution in [2.45, 2.75) is 51.6 Å². The van der Waals surface area contributed by atoms with E-state index in [1.54, 1.807) is 6.20 Å². The maximum atomic E-state index is 10.6. The highest BCUT2D eigenvalue weighted by Gasteiger charge is 2.32. The molecule has 1 saturated carbocycles. The Morgan fingerprint density at radius 2 is 2.30 bits per heavy atom. The van der Waals surface area contributed by atoms with Gasteiger partial charge in [0.05, 0.1) is 5.60 Å². The second-order valence-electron chi connectivity index (χ2n) is 5.97. The Bertz CT molecular complexity index is 426. The molecule has 112 valence electrons. The number of aromatic nitrogens is 2. The van der Waals surface area contributed by atoms with Crippen molar-refractivity contribution in [3.8, 4) is 0 Å². The summed E-state index contributed by atoms with van der Waals surface area (Å²) in [6.45, 7) is 5.74. The lowest BCUT2D eigenvalue weighted by Crippen LogP contribution is -2.41. The molecule has 1 aliphatic rings. The molecule has 1 aromatic rings. The van der Waals surface area contributed by atoms with Gasteiger partial charge in [0, 0.05) is 19.3 Å². The SMILES string of the molecule is CCCNc1nccc(NCC2(O)CCCC(C)C2)n1. The third-order valence-electron chi connectivity index (χ3n) is 3.85. The van der Waals surface area contributed by atoms with Crippen molar-refractivity contribution >= 4 is 11.8 Å². The quantitative estimate of drug-likeness (QED) is 0.746. The lowest BCUT2D eigenvalue weighted by molar-refractivity contribution is -0.000827. The summed E-state index contributed by atoms with van der Waals surface area (Å²) in [4.78, 5) is 8.58. The molecule has 5 nitrogen and oxygen atoms in total. The third kappa shape index (κ3) is 4.34. The summed E-state index contributed by atoms with van der Waals surface area (Å²) in [7, 11) is 0. The van der Waals surface area contributed by atoms with E-state index in [4.69, 9.17) is 0 Å². The van der Waals surface area contributed by atoms with E-state index in [2.05, 4.69) is 34.4 Å². The topological polar surface area (TPSA) is 70.1 Å². The average Bonchev–Trinajstić information content (AvgIpc) is 2.43. The van der Waals surface area contributed by atoms with Gasteiger partial charge in [0.15, 0.2) is 0 Å². The number of hydrogen-bond donors (Lipinski definition) is 3. The van der Waals surface area contributed by atoms with E-state index in [1.165, 1.54) is 6.42 Å². The summed E-state index contributed by atoms with van der Waals surface area (Å²) in [6, 6.07) is 1.84. The van der Waals surface area contributed by atoms with E-state index in [1.807, 2.05) is 6.07 Å². The highest BCUT2D eigenvalue weighted by atomic mass is 16.3. The first-order valence-electron chi connectivity index (χ1n) is 7.64. The van der Waals surface area contributed by atoms with Crippen molar-refractivity contribution < 1.29 is 5.11 Å². The molecule has 1 aromatic heterocycles. The van der Waals surface area contributed by atoms with Crippen LogP contribution in [0.15, 0.2) is 12.3 Å². The Kier molecular flexibility index (Phi) is 5.17. The zero-order valence-electron chi connectivity index (χ0n) is 12.5. The zero-order chi connectivity index (χ0) is 14.4. The maximum absolute atomic E-state index is 10.6. The van der Waals surface area contributed by atoms with Crippen LogP contribution in [0, 0.1) is 5.92 Å². The van der Waals surface area contributed by atoms with Crippen LogP contribution in [0.1, 0.15) is 46.0 Å². The molecule has 2 unspecified atom stereocenters. The maximum Gasteiger partial charge on any atom is 0.224 e. The summed E-state index contributed by atoms with van der Waals surface area (Å²) >= 11 is 0. The van der Waals surface area contributed by atoms with Crippen molar-refractivity contribution in [2.24, 2.45) is 5.92 Å². The molecule has 2 rings (SSSR count). The zero-order valence-corrected chi connectivity index (χ0v) is 12.5. The van der Waals surface area contributed by atoms with Crippen molar-refractivity contribution in [3.63, 3.8) is 0 Å². The molecule has 0 aromatic carbocycles. The van der Waals surface area contributed by atoms with Crippen LogP contribution in [0.5, 0.6) is 0 Å². The van der Waals surface area contributed by atoms with Crippen LogP contribution in [0.25, 0.3) is 0 Å². The Morgan fingerprint density at radius 3 is 3.05 bits per heavy atom. The lowest BCUT2D eigenvalue weighted by Gasteiger charge is -2.35. The van der Waals surface area contributed by atoms with Crippen LogP contribution in [0.2, 0.25) is 0 Å². The van der Waals surface area contributed by atoms with Gasteiger partial charge in [-0.3, -0.25) is 0 Å². The molecule has 0 spiro atoms. The Hall–Kier alpha value is -1.36. The molecular formula is C15H26N4O. The molecule has 0 amide bonds. The molecule has 0 aliphatic heterocycles. The highest BCUT2D eigenvalue weighted by Crippen LogP contribution is 2.32. The summed E-state index contributed by atoms with van der Waals surface area (Å²) in [5.41, 5.74) is -0.598. The minimum Gasteiger partial charge on any atom is -0.388 e. The van der Waals surface area contributed by atoms with Gasteiger partial charge in [-0.15, -0.1) is 0 Å². The number of hydrogen-bond acceptors (Lipinski definition) is 5. The average molecular weight is 278 g/mol. The van der Waals surface area contributed by atoms with E-state index < -0.39 is 5.60 Å². The summed E-state index contributed by atoms with van der Waals surface area (Å²) < 4.78 is 0. The van der Waals surface area contributed by atoms with Gasteiger partial charge in [0.25, 0.3) is 0 Å². The van der Waals surface area contributed by atoms with Gasteiger partial charge in [-0.1, -0.05) is 26.7 Å². The largest absolute Gasteiger partial charge is 0.388 e. The van der Waals surface area contributed by atoms with Crippen molar-refractivity contribution in [3.05, 3.63) is 12.3 Å². The van der Waals surface area contributed by atoms with Crippen molar-refractivity contribution in [1.29, 1.82) is 0 Å². The molecule has 0 bridgehead atoms. The smallest absolute Gasteiger partial charge is 0.224 e. The molecule has 3 N–H and O–H groups in total. The van der Waals surface area contributed by atoms with Gasteiger partial charge in [-0.05, 0) is 31.2 Å². The van der Waals surface area contributed by atoms with E-state index in [9.17, 15) is 5.11 Å². The Morgan fingerprint density at radius 1 is 1.45 bits per heavy atom. The number of nitrogens with one attached hydrogen (secondary N) is 2. The summed E-state index contributed by atoms with van der Waals surface area (Å²) in [5.74, 6) is 2.01. The number of aliphatic hydroxyl groups is 1. The van der Waals surface area contributed by atoms with E-state index >= 15 is 0 Å². The predicted octanol–water partition coefficient (Wildman–Crippen LogP) is 2.65. The van der Waals surface area contributed by atoms with Crippen molar-refractivity contribution in [1.82, 2.24) is 9.97 Å². The molecule has 1 fully saturated rings. The van der Waals surface area contributed by atoms with Gasteiger partial charge < -0.3 is 15.7 Å². The van der Waals surface area contributed by atoms with Crippen LogP contribution in [0.3, 0.4) is 0 Å². The van der Waals surface area contributed by atoms with E-state index in [0.717, 1.165) is 38.0 Å². The number of rotatable bonds is 6. The minimum absolute atomic E-state index is 0.557. The minimum atomic E-state index is -0.598. The first-order chi connectivity index (χ1) is 9.61. The molecule has 5 heteroatoms. The Balaban J connectivity index is 1.89. The second-order valence-corrected chi connectivity index (χ2v) is 5.97. The van der Waals surface area contributed by atoms with E-state index in [0.29, 0.717) is 18.4 Å². The van der Waals surface area contributed by atoms with Crippen LogP contribution in [-0.2, 0) is 0 Å². The van der Waals surface area contributed by atoms with Gasteiger partial charge >= 0.3 is 0 Å². The second kappa shape index (κ2) is 6.88. The van der Waals surface area contributed by atoms with Crippen LogP contribution in [-0.4, -0.2) is 33.8 Å². The molecule has 1 aliphatic carbocycles. The highest BCUT2D eigenvalue weighted by molar-refractivity contribution is 5.39. The van der Waals surface area contributed by atoms with Crippen LogP contribution in [0.4, 0.5) is 11.8 Å². The van der Waals surface area contributed by atoms with Gasteiger partial charge in [0.2, 0.25) is 5.95 Å². The van der Waals surface area contributed by atoms with Crippen molar-refractivity contribution in [2.75, 3.05) is 23.7 Å². The van der Waals surface area contributed by atoms with E-state index in [-0.39, 0.29) is 0 Å². The number of nitrogens with zero attached hydrogens (tertiary/aromatic N) is 2. The first-order valence-corrected chi connectivity index (χ1v) is 7.64. The normalized spacial score (nSPS) is 26.2. The molecule has 0 saturated heterocycles. The number of anilines is 2. The fourth-order valence-corrected chi connectivity index (χ4v) is 2.83. The van der Waals surface area contributed by atoms with Gasteiger partial charge in [0.1, 0.15) is 5.82 Å².